The molecule has 9 nitrogen and oxygen atoms in total. The molecule has 3 aromatic carbocycles. The molecular weight excluding hydrogens is 410 g/mol. The maximum atomic E-state index is 12.5. The summed E-state index contributed by atoms with van der Waals surface area (Å²) in [7, 11) is 0. The predicted molar refractivity (Wildman–Crippen MR) is 118 cm³/mol. The van der Waals surface area contributed by atoms with Crippen LogP contribution in [0.1, 0.15) is 6.92 Å². The SMILES string of the molecule is CCOC(=O)COc1ccc(-c2nnn(CC(=O)Nc3cccc4ccccc34)n2)cc1. The number of hydrogen-bond donors (Lipinski definition) is 1. The Bertz CT molecular complexity index is 1230. The average molecular weight is 431 g/mol. The molecule has 0 aliphatic heterocycles. The van der Waals surface area contributed by atoms with Gasteiger partial charge in [-0.05, 0) is 47.9 Å². The summed E-state index contributed by atoms with van der Waals surface area (Å²) in [5.74, 6) is 0.208. The monoisotopic (exact) mass is 431 g/mol. The smallest absolute Gasteiger partial charge is 0.344 e. The van der Waals surface area contributed by atoms with E-state index < -0.39 is 5.97 Å². The van der Waals surface area contributed by atoms with E-state index in [1.54, 1.807) is 31.2 Å². The lowest BCUT2D eigenvalue weighted by atomic mass is 10.1. The van der Waals surface area contributed by atoms with Gasteiger partial charge in [-0.1, -0.05) is 36.4 Å². The molecule has 0 unspecified atom stereocenters. The Kier molecular flexibility index (Phi) is 6.35. The average Bonchev–Trinajstić information content (AvgIpc) is 3.27. The molecule has 4 rings (SSSR count). The van der Waals surface area contributed by atoms with Crippen LogP contribution in [-0.4, -0.2) is 45.3 Å². The van der Waals surface area contributed by atoms with Crippen molar-refractivity contribution in [3.05, 3.63) is 66.7 Å². The number of nitrogens with zero attached hydrogens (tertiary/aromatic N) is 4. The first-order valence-electron chi connectivity index (χ1n) is 10.1. The van der Waals surface area contributed by atoms with Gasteiger partial charge in [0.05, 0.1) is 6.61 Å². The van der Waals surface area contributed by atoms with Crippen LogP contribution >= 0.6 is 0 Å². The minimum Gasteiger partial charge on any atom is -0.482 e. The molecule has 9 heteroatoms. The minimum absolute atomic E-state index is 0.0725. The van der Waals surface area contributed by atoms with Gasteiger partial charge in [-0.15, -0.1) is 10.2 Å². The highest BCUT2D eigenvalue weighted by Crippen LogP contribution is 2.23. The van der Waals surface area contributed by atoms with Crippen molar-refractivity contribution in [1.82, 2.24) is 20.2 Å². The summed E-state index contributed by atoms with van der Waals surface area (Å²) in [5.41, 5.74) is 1.43. The van der Waals surface area contributed by atoms with Gasteiger partial charge in [0.15, 0.2) is 6.61 Å². The third-order valence-corrected chi connectivity index (χ3v) is 4.58. The fourth-order valence-corrected chi connectivity index (χ4v) is 3.12. The third-order valence-electron chi connectivity index (χ3n) is 4.58. The number of carbonyl (C=O) groups excluding carboxylic acids is 2. The lowest BCUT2D eigenvalue weighted by Crippen LogP contribution is -2.20. The van der Waals surface area contributed by atoms with Crippen molar-refractivity contribution in [1.29, 1.82) is 0 Å². The fraction of sp³-hybridized carbons (Fsp3) is 0.174. The number of carbonyl (C=O) groups is 2. The maximum Gasteiger partial charge on any atom is 0.344 e. The molecule has 0 radical (unpaired) electrons. The number of ether oxygens (including phenoxy) is 2. The summed E-state index contributed by atoms with van der Waals surface area (Å²) < 4.78 is 10.2. The molecule has 0 aliphatic rings. The highest BCUT2D eigenvalue weighted by Gasteiger charge is 2.11. The lowest BCUT2D eigenvalue weighted by molar-refractivity contribution is -0.145. The van der Waals surface area contributed by atoms with Crippen molar-refractivity contribution in [2.24, 2.45) is 0 Å². The molecule has 1 heterocycles. The molecule has 0 bridgehead atoms. The summed E-state index contributed by atoms with van der Waals surface area (Å²) >= 11 is 0. The minimum atomic E-state index is -0.428. The molecule has 0 spiro atoms. The number of fused-ring (bicyclic) bond motifs is 1. The van der Waals surface area contributed by atoms with Gasteiger partial charge in [0.1, 0.15) is 12.3 Å². The van der Waals surface area contributed by atoms with Crippen LogP contribution in [-0.2, 0) is 20.9 Å². The van der Waals surface area contributed by atoms with E-state index in [-0.39, 0.29) is 19.1 Å². The molecular formula is C23H21N5O4. The number of tetrazole rings is 1. The van der Waals surface area contributed by atoms with Crippen LogP contribution in [0.2, 0.25) is 0 Å². The van der Waals surface area contributed by atoms with E-state index in [9.17, 15) is 9.59 Å². The van der Waals surface area contributed by atoms with Gasteiger partial charge in [0.25, 0.3) is 0 Å². The zero-order valence-electron chi connectivity index (χ0n) is 17.4. The molecule has 0 aliphatic carbocycles. The maximum absolute atomic E-state index is 12.5. The number of aromatic nitrogens is 4. The molecule has 1 aromatic heterocycles. The first kappa shape index (κ1) is 21.0. The molecule has 1 N–H and O–H groups in total. The summed E-state index contributed by atoms with van der Waals surface area (Å²) in [6.07, 6.45) is 0. The lowest BCUT2D eigenvalue weighted by Gasteiger charge is -2.08. The number of nitrogens with one attached hydrogen (secondary N) is 1. The Balaban J connectivity index is 1.37. The summed E-state index contributed by atoms with van der Waals surface area (Å²) in [4.78, 5) is 25.1. The van der Waals surface area contributed by atoms with Gasteiger partial charge in [-0.2, -0.15) is 4.80 Å². The van der Waals surface area contributed by atoms with Crippen molar-refractivity contribution >= 4 is 28.3 Å². The summed E-state index contributed by atoms with van der Waals surface area (Å²) in [5, 5.41) is 17.1. The Morgan fingerprint density at radius 1 is 1.00 bits per heavy atom. The van der Waals surface area contributed by atoms with E-state index in [4.69, 9.17) is 9.47 Å². The number of benzene rings is 3. The number of esters is 1. The molecule has 162 valence electrons. The molecule has 0 atom stereocenters. The van der Waals surface area contributed by atoms with Crippen molar-refractivity contribution in [3.63, 3.8) is 0 Å². The Hall–Kier alpha value is -4.27. The number of anilines is 1. The van der Waals surface area contributed by atoms with E-state index in [2.05, 4.69) is 20.7 Å². The number of hydrogen-bond acceptors (Lipinski definition) is 7. The predicted octanol–water partition coefficient (Wildman–Crippen LogP) is 3.07. The Morgan fingerprint density at radius 3 is 2.59 bits per heavy atom. The van der Waals surface area contributed by atoms with Crippen molar-refractivity contribution in [3.8, 4) is 17.1 Å². The summed E-state index contributed by atoms with van der Waals surface area (Å²) in [6, 6.07) is 20.4. The second-order valence-electron chi connectivity index (χ2n) is 6.84. The number of rotatable bonds is 8. The first-order chi connectivity index (χ1) is 15.6. The highest BCUT2D eigenvalue weighted by molar-refractivity contribution is 6.01. The molecule has 4 aromatic rings. The topological polar surface area (TPSA) is 108 Å². The number of amides is 1. The van der Waals surface area contributed by atoms with E-state index in [0.29, 0.717) is 23.7 Å². The van der Waals surface area contributed by atoms with Crippen LogP contribution in [0.4, 0.5) is 5.69 Å². The Labute approximate surface area is 184 Å². The van der Waals surface area contributed by atoms with Crippen LogP contribution < -0.4 is 10.1 Å². The highest BCUT2D eigenvalue weighted by atomic mass is 16.6. The van der Waals surface area contributed by atoms with E-state index in [0.717, 1.165) is 16.5 Å². The zero-order valence-corrected chi connectivity index (χ0v) is 17.4. The molecule has 0 saturated heterocycles. The molecule has 0 fully saturated rings. The second-order valence-corrected chi connectivity index (χ2v) is 6.84. The van der Waals surface area contributed by atoms with Crippen LogP contribution in [0.15, 0.2) is 66.7 Å². The van der Waals surface area contributed by atoms with E-state index in [1.165, 1.54) is 4.80 Å². The fourth-order valence-electron chi connectivity index (χ4n) is 3.12. The molecule has 32 heavy (non-hydrogen) atoms. The van der Waals surface area contributed by atoms with Crippen molar-refractivity contribution in [2.75, 3.05) is 18.5 Å². The molecule has 1 amide bonds. The van der Waals surface area contributed by atoms with E-state index >= 15 is 0 Å². The van der Waals surface area contributed by atoms with Crippen LogP contribution in [0, 0.1) is 0 Å². The van der Waals surface area contributed by atoms with E-state index in [1.807, 2.05) is 42.5 Å². The van der Waals surface area contributed by atoms with Gasteiger partial charge in [-0.25, -0.2) is 4.79 Å². The van der Waals surface area contributed by atoms with Gasteiger partial charge in [0, 0.05) is 16.6 Å². The molecule has 0 saturated carbocycles. The quantitative estimate of drug-likeness (QED) is 0.427. The van der Waals surface area contributed by atoms with Gasteiger partial charge >= 0.3 is 5.97 Å². The van der Waals surface area contributed by atoms with Gasteiger partial charge in [-0.3, -0.25) is 4.79 Å². The van der Waals surface area contributed by atoms with Gasteiger partial charge < -0.3 is 14.8 Å². The summed E-state index contributed by atoms with van der Waals surface area (Å²) in [6.45, 7) is 1.81. The normalized spacial score (nSPS) is 10.7. The van der Waals surface area contributed by atoms with Crippen LogP contribution in [0.25, 0.3) is 22.2 Å². The van der Waals surface area contributed by atoms with Crippen LogP contribution in [0.3, 0.4) is 0 Å². The standard InChI is InChI=1S/C23H21N5O4/c1-2-31-22(30)15-32-18-12-10-17(11-13-18)23-25-27-28(26-23)14-21(29)24-20-9-5-7-16-6-3-4-8-19(16)20/h3-13H,2,14-15H2,1H3,(H,24,29). The zero-order chi connectivity index (χ0) is 22.3. The van der Waals surface area contributed by atoms with Crippen molar-refractivity contribution in [2.45, 2.75) is 13.5 Å². The largest absolute Gasteiger partial charge is 0.482 e. The second kappa shape index (κ2) is 9.69. The Morgan fingerprint density at radius 2 is 1.78 bits per heavy atom. The first-order valence-corrected chi connectivity index (χ1v) is 10.1. The third kappa shape index (κ3) is 5.07. The van der Waals surface area contributed by atoms with Crippen LogP contribution in [0.5, 0.6) is 5.75 Å². The van der Waals surface area contributed by atoms with Gasteiger partial charge in [0.2, 0.25) is 11.7 Å². The van der Waals surface area contributed by atoms with Crippen molar-refractivity contribution < 1.29 is 19.1 Å².